The normalized spacial score (nSPS) is 10.9. The third-order valence-electron chi connectivity index (χ3n) is 2.51. The highest BCUT2D eigenvalue weighted by Crippen LogP contribution is 2.31. The maximum Gasteiger partial charge on any atom is 0.234 e. The number of ether oxygens (including phenoxy) is 1. The van der Waals surface area contributed by atoms with Crippen molar-refractivity contribution in [2.24, 2.45) is 0 Å². The van der Waals surface area contributed by atoms with Crippen molar-refractivity contribution >= 4 is 27.4 Å². The van der Waals surface area contributed by atoms with Crippen molar-refractivity contribution in [3.8, 4) is 11.6 Å². The molecule has 0 amide bonds. The van der Waals surface area contributed by atoms with Gasteiger partial charge in [0.1, 0.15) is 5.75 Å². The molecule has 0 saturated heterocycles. The molecule has 0 aliphatic carbocycles. The summed E-state index contributed by atoms with van der Waals surface area (Å²) >= 11 is 1.43. The Hall–Kier alpha value is -2.01. The van der Waals surface area contributed by atoms with Crippen LogP contribution >= 0.6 is 11.3 Å². The summed E-state index contributed by atoms with van der Waals surface area (Å²) < 4.78 is 5.71. The number of aryl methyl sites for hydroxylation is 1. The van der Waals surface area contributed by atoms with E-state index in [1.54, 1.807) is 0 Å². The number of anilines is 1. The van der Waals surface area contributed by atoms with Gasteiger partial charge in [0.25, 0.3) is 0 Å². The van der Waals surface area contributed by atoms with E-state index in [1.807, 2.05) is 37.4 Å². The number of nitrogen functional groups attached to an aromatic ring is 1. The minimum Gasteiger partial charge on any atom is -0.438 e. The van der Waals surface area contributed by atoms with Crippen LogP contribution in [0.5, 0.6) is 11.6 Å². The Kier molecular flexibility index (Phi) is 2.26. The fourth-order valence-electron chi connectivity index (χ4n) is 1.70. The SMILES string of the molecule is Cc1sc(N)nc1Oc1ccc2[nH]ccc2c1. The zero-order valence-electron chi connectivity index (χ0n) is 9.23. The van der Waals surface area contributed by atoms with Crippen LogP contribution in [0.25, 0.3) is 10.9 Å². The van der Waals surface area contributed by atoms with E-state index in [4.69, 9.17) is 10.5 Å². The molecule has 2 heterocycles. The number of thiazole rings is 1. The zero-order chi connectivity index (χ0) is 11.8. The number of benzene rings is 1. The number of hydrogen-bond donors (Lipinski definition) is 2. The Morgan fingerprint density at radius 3 is 3.00 bits per heavy atom. The fraction of sp³-hybridized carbons (Fsp3) is 0.0833. The van der Waals surface area contributed by atoms with Crippen molar-refractivity contribution < 1.29 is 4.74 Å². The molecule has 0 aliphatic heterocycles. The van der Waals surface area contributed by atoms with Gasteiger partial charge in [-0.1, -0.05) is 11.3 Å². The summed E-state index contributed by atoms with van der Waals surface area (Å²) in [5.74, 6) is 1.35. The molecule has 3 rings (SSSR count). The number of aromatic nitrogens is 2. The van der Waals surface area contributed by atoms with Gasteiger partial charge in [-0.3, -0.25) is 0 Å². The Morgan fingerprint density at radius 2 is 2.24 bits per heavy atom. The largest absolute Gasteiger partial charge is 0.438 e. The van der Waals surface area contributed by atoms with Gasteiger partial charge in [-0.05, 0) is 31.2 Å². The highest BCUT2D eigenvalue weighted by Gasteiger charge is 2.08. The summed E-state index contributed by atoms with van der Waals surface area (Å²) in [7, 11) is 0. The standard InChI is InChI=1S/C12H11N3OS/c1-7-11(15-12(13)17-7)16-9-2-3-10-8(6-9)4-5-14-10/h2-6,14H,1H3,(H2,13,15). The molecule has 4 nitrogen and oxygen atoms in total. The van der Waals surface area contributed by atoms with Crippen LogP contribution in [0.15, 0.2) is 30.5 Å². The first-order valence-corrected chi connectivity index (χ1v) is 6.02. The molecule has 0 spiro atoms. The van der Waals surface area contributed by atoms with Gasteiger partial charge in [-0.25, -0.2) is 0 Å². The maximum atomic E-state index is 5.71. The molecule has 0 aliphatic rings. The van der Waals surface area contributed by atoms with Gasteiger partial charge in [0.15, 0.2) is 5.13 Å². The van der Waals surface area contributed by atoms with Gasteiger partial charge in [0.2, 0.25) is 5.88 Å². The molecule has 86 valence electrons. The van der Waals surface area contributed by atoms with Crippen LogP contribution in [0, 0.1) is 6.92 Å². The van der Waals surface area contributed by atoms with E-state index < -0.39 is 0 Å². The summed E-state index contributed by atoms with van der Waals surface area (Å²) in [6.45, 7) is 1.94. The average Bonchev–Trinajstić information content (AvgIpc) is 2.85. The summed E-state index contributed by atoms with van der Waals surface area (Å²) in [5, 5.41) is 1.64. The predicted molar refractivity (Wildman–Crippen MR) is 69.6 cm³/mol. The van der Waals surface area contributed by atoms with Gasteiger partial charge in [-0.15, -0.1) is 0 Å². The van der Waals surface area contributed by atoms with Crippen molar-refractivity contribution in [1.29, 1.82) is 0 Å². The van der Waals surface area contributed by atoms with E-state index in [2.05, 4.69) is 9.97 Å². The maximum absolute atomic E-state index is 5.71. The molecule has 0 saturated carbocycles. The monoisotopic (exact) mass is 245 g/mol. The molecule has 0 atom stereocenters. The van der Waals surface area contributed by atoms with Crippen LogP contribution in [0.1, 0.15) is 4.88 Å². The number of rotatable bonds is 2. The third kappa shape index (κ3) is 1.85. The minimum atomic E-state index is 0.528. The number of nitrogens with one attached hydrogen (secondary N) is 1. The van der Waals surface area contributed by atoms with Crippen LogP contribution in [0.3, 0.4) is 0 Å². The predicted octanol–water partition coefficient (Wildman–Crippen LogP) is 3.31. The number of hydrogen-bond acceptors (Lipinski definition) is 4. The van der Waals surface area contributed by atoms with Crippen molar-refractivity contribution in [2.75, 3.05) is 5.73 Å². The second-order valence-electron chi connectivity index (χ2n) is 3.74. The first kappa shape index (κ1) is 10.2. The minimum absolute atomic E-state index is 0.528. The molecule has 1 aromatic carbocycles. The Labute approximate surface area is 102 Å². The first-order valence-electron chi connectivity index (χ1n) is 5.20. The Bertz CT molecular complexity index is 671. The van der Waals surface area contributed by atoms with E-state index in [9.17, 15) is 0 Å². The van der Waals surface area contributed by atoms with Crippen LogP contribution in [-0.2, 0) is 0 Å². The number of nitrogens with zero attached hydrogens (tertiary/aromatic N) is 1. The Morgan fingerprint density at radius 1 is 1.35 bits per heavy atom. The van der Waals surface area contributed by atoms with Crippen LogP contribution in [0.4, 0.5) is 5.13 Å². The molecule has 3 N–H and O–H groups in total. The zero-order valence-corrected chi connectivity index (χ0v) is 10.0. The van der Waals surface area contributed by atoms with Crippen molar-refractivity contribution in [2.45, 2.75) is 6.92 Å². The van der Waals surface area contributed by atoms with Crippen molar-refractivity contribution in [1.82, 2.24) is 9.97 Å². The topological polar surface area (TPSA) is 63.9 Å². The second kappa shape index (κ2) is 3.78. The smallest absolute Gasteiger partial charge is 0.234 e. The highest BCUT2D eigenvalue weighted by atomic mass is 32.1. The van der Waals surface area contributed by atoms with E-state index in [0.29, 0.717) is 11.0 Å². The Balaban J connectivity index is 1.96. The molecule has 2 aromatic heterocycles. The molecule has 0 fully saturated rings. The van der Waals surface area contributed by atoms with Crippen LogP contribution in [-0.4, -0.2) is 9.97 Å². The van der Waals surface area contributed by atoms with E-state index >= 15 is 0 Å². The molecule has 0 unspecified atom stereocenters. The number of H-pyrrole nitrogens is 1. The lowest BCUT2D eigenvalue weighted by molar-refractivity contribution is 0.464. The van der Waals surface area contributed by atoms with Crippen molar-refractivity contribution in [3.63, 3.8) is 0 Å². The van der Waals surface area contributed by atoms with E-state index in [0.717, 1.165) is 21.5 Å². The molecule has 5 heteroatoms. The number of nitrogens with two attached hydrogens (primary N) is 1. The lowest BCUT2D eigenvalue weighted by atomic mass is 10.2. The molecular weight excluding hydrogens is 234 g/mol. The number of fused-ring (bicyclic) bond motifs is 1. The van der Waals surface area contributed by atoms with Gasteiger partial charge in [0.05, 0.1) is 4.88 Å². The third-order valence-corrected chi connectivity index (χ3v) is 3.29. The summed E-state index contributed by atoms with van der Waals surface area (Å²) in [5.41, 5.74) is 6.72. The summed E-state index contributed by atoms with van der Waals surface area (Å²) in [6.07, 6.45) is 1.90. The summed E-state index contributed by atoms with van der Waals surface area (Å²) in [4.78, 5) is 8.26. The molecule has 0 bridgehead atoms. The van der Waals surface area contributed by atoms with Crippen LogP contribution in [0.2, 0.25) is 0 Å². The first-order chi connectivity index (χ1) is 8.22. The average molecular weight is 245 g/mol. The van der Waals surface area contributed by atoms with Crippen LogP contribution < -0.4 is 10.5 Å². The van der Waals surface area contributed by atoms with E-state index in [1.165, 1.54) is 11.3 Å². The lowest BCUT2D eigenvalue weighted by Gasteiger charge is -2.03. The van der Waals surface area contributed by atoms with Gasteiger partial charge >= 0.3 is 0 Å². The number of aromatic amines is 1. The molecule has 17 heavy (non-hydrogen) atoms. The fourth-order valence-corrected chi connectivity index (χ4v) is 2.32. The molecule has 3 aromatic rings. The molecule has 0 radical (unpaired) electrons. The lowest BCUT2D eigenvalue weighted by Crippen LogP contribution is -1.87. The second-order valence-corrected chi connectivity index (χ2v) is 4.98. The quantitative estimate of drug-likeness (QED) is 0.728. The van der Waals surface area contributed by atoms with Gasteiger partial charge < -0.3 is 15.5 Å². The van der Waals surface area contributed by atoms with Gasteiger partial charge in [-0.2, -0.15) is 4.98 Å². The molecular formula is C12H11N3OS. The van der Waals surface area contributed by atoms with E-state index in [-0.39, 0.29) is 0 Å². The summed E-state index contributed by atoms with van der Waals surface area (Å²) in [6, 6.07) is 7.87. The van der Waals surface area contributed by atoms with Gasteiger partial charge in [0, 0.05) is 17.1 Å². The highest BCUT2D eigenvalue weighted by molar-refractivity contribution is 7.15. The van der Waals surface area contributed by atoms with Crippen molar-refractivity contribution in [3.05, 3.63) is 35.3 Å².